The Morgan fingerprint density at radius 3 is 2.53 bits per heavy atom. The van der Waals surface area contributed by atoms with Crippen LogP contribution in [0.2, 0.25) is 0 Å². The number of carbonyl (C=O) groups excluding carboxylic acids is 2. The summed E-state index contributed by atoms with van der Waals surface area (Å²) in [5.74, 6) is -0.763. The average Bonchev–Trinajstić information content (AvgIpc) is 3.59. The van der Waals surface area contributed by atoms with Gasteiger partial charge in [0.2, 0.25) is 5.91 Å². The summed E-state index contributed by atoms with van der Waals surface area (Å²) in [4.78, 5) is 33.0. The average molecular weight is 490 g/mol. The second kappa shape index (κ2) is 10.5. The standard InChI is InChI=1S/C27H27N3O2S2/c31-26(23-11-6-16-34-23)30-25(22-10-5-15-33-22)24(27(32)29-20-8-2-1-3-9-20)19-12-13-21-18(17-19)7-4-14-28-21/h4-7,10-17,20,24-25H,1-3,8-9H2,(H,29,32)(H,30,31). The van der Waals surface area contributed by atoms with Crippen molar-refractivity contribution in [2.75, 3.05) is 0 Å². The van der Waals surface area contributed by atoms with Crippen LogP contribution in [0.25, 0.3) is 10.9 Å². The molecular formula is C27H27N3O2S2. The van der Waals surface area contributed by atoms with Crippen LogP contribution in [0.15, 0.2) is 71.6 Å². The van der Waals surface area contributed by atoms with Gasteiger partial charge in [-0.3, -0.25) is 14.6 Å². The Bertz CT molecular complexity index is 1250. The van der Waals surface area contributed by atoms with Gasteiger partial charge >= 0.3 is 0 Å². The summed E-state index contributed by atoms with van der Waals surface area (Å²) in [6, 6.07) is 17.2. The normalized spacial score (nSPS) is 16.1. The zero-order chi connectivity index (χ0) is 23.3. The predicted octanol–water partition coefficient (Wildman–Crippen LogP) is 6.06. The maximum absolute atomic E-state index is 13.9. The van der Waals surface area contributed by atoms with Gasteiger partial charge in [0.05, 0.1) is 22.4 Å². The van der Waals surface area contributed by atoms with E-state index >= 15 is 0 Å². The highest BCUT2D eigenvalue weighted by molar-refractivity contribution is 7.12. The zero-order valence-electron chi connectivity index (χ0n) is 18.8. The van der Waals surface area contributed by atoms with Crippen molar-refractivity contribution in [2.24, 2.45) is 0 Å². The number of nitrogens with zero attached hydrogens (tertiary/aromatic N) is 1. The van der Waals surface area contributed by atoms with E-state index in [2.05, 4.69) is 15.6 Å². The number of thiophene rings is 2. The molecule has 2 N–H and O–H groups in total. The molecule has 5 nitrogen and oxygen atoms in total. The first-order valence-corrected chi connectivity index (χ1v) is 13.5. The Hall–Kier alpha value is -3.03. The predicted molar refractivity (Wildman–Crippen MR) is 138 cm³/mol. The monoisotopic (exact) mass is 489 g/mol. The van der Waals surface area contributed by atoms with Gasteiger partial charge in [-0.2, -0.15) is 0 Å². The summed E-state index contributed by atoms with van der Waals surface area (Å²) in [5.41, 5.74) is 1.76. The molecule has 0 saturated heterocycles. The third-order valence-corrected chi connectivity index (χ3v) is 8.26. The lowest BCUT2D eigenvalue weighted by Gasteiger charge is -2.30. The number of fused-ring (bicyclic) bond motifs is 1. The molecule has 1 aromatic carbocycles. The first-order valence-electron chi connectivity index (χ1n) is 11.7. The maximum atomic E-state index is 13.9. The first kappa shape index (κ1) is 22.7. The molecule has 0 bridgehead atoms. The second-order valence-electron chi connectivity index (χ2n) is 8.72. The van der Waals surface area contributed by atoms with Gasteiger partial charge in [-0.15, -0.1) is 22.7 Å². The van der Waals surface area contributed by atoms with E-state index in [1.54, 1.807) is 17.5 Å². The molecule has 3 heterocycles. The highest BCUT2D eigenvalue weighted by atomic mass is 32.1. The molecule has 2 unspecified atom stereocenters. The van der Waals surface area contributed by atoms with Gasteiger partial charge < -0.3 is 10.6 Å². The van der Waals surface area contributed by atoms with Crippen molar-refractivity contribution in [1.82, 2.24) is 15.6 Å². The number of pyridine rings is 1. The molecule has 2 amide bonds. The van der Waals surface area contributed by atoms with Crippen molar-refractivity contribution in [3.8, 4) is 0 Å². The molecule has 5 rings (SSSR count). The van der Waals surface area contributed by atoms with Crippen LogP contribution in [-0.2, 0) is 4.79 Å². The fourth-order valence-corrected chi connectivity index (χ4v) is 6.17. The van der Waals surface area contributed by atoms with Gasteiger partial charge in [0, 0.05) is 22.5 Å². The van der Waals surface area contributed by atoms with Gasteiger partial charge in [-0.25, -0.2) is 0 Å². The Labute approximate surface area is 207 Å². The fourth-order valence-electron chi connectivity index (χ4n) is 4.73. The summed E-state index contributed by atoms with van der Waals surface area (Å²) in [5, 5.41) is 11.4. The number of rotatable bonds is 7. The van der Waals surface area contributed by atoms with Gasteiger partial charge in [0.25, 0.3) is 5.91 Å². The summed E-state index contributed by atoms with van der Waals surface area (Å²) in [6.07, 6.45) is 7.28. The van der Waals surface area contributed by atoms with Crippen LogP contribution in [-0.4, -0.2) is 22.8 Å². The number of hydrogen-bond acceptors (Lipinski definition) is 5. The number of hydrogen-bond donors (Lipinski definition) is 2. The molecule has 1 saturated carbocycles. The molecular weight excluding hydrogens is 462 g/mol. The third kappa shape index (κ3) is 5.05. The third-order valence-electron chi connectivity index (χ3n) is 6.43. The summed E-state index contributed by atoms with van der Waals surface area (Å²) in [6.45, 7) is 0. The second-order valence-corrected chi connectivity index (χ2v) is 10.6. The fraction of sp³-hybridized carbons (Fsp3) is 0.296. The highest BCUT2D eigenvalue weighted by Gasteiger charge is 2.35. The summed E-state index contributed by atoms with van der Waals surface area (Å²) in [7, 11) is 0. The number of nitrogens with one attached hydrogen (secondary N) is 2. The van der Waals surface area contributed by atoms with Gasteiger partial charge in [-0.05, 0) is 59.5 Å². The SMILES string of the molecule is O=C(NC(c1cccs1)C(C(=O)NC1CCCCC1)c1ccc2ncccc2c1)c1cccs1. The van der Waals surface area contributed by atoms with E-state index in [9.17, 15) is 9.59 Å². The van der Waals surface area contributed by atoms with Gasteiger partial charge in [-0.1, -0.05) is 43.5 Å². The molecule has 1 aliphatic carbocycles. The van der Waals surface area contributed by atoms with Crippen LogP contribution >= 0.6 is 22.7 Å². The van der Waals surface area contributed by atoms with Gasteiger partial charge in [0.15, 0.2) is 0 Å². The Morgan fingerprint density at radius 1 is 0.941 bits per heavy atom. The van der Waals surface area contributed by atoms with Crippen molar-refractivity contribution in [1.29, 1.82) is 0 Å². The molecule has 174 valence electrons. The molecule has 7 heteroatoms. The van der Waals surface area contributed by atoms with E-state index in [0.717, 1.165) is 47.0 Å². The van der Waals surface area contributed by atoms with Crippen molar-refractivity contribution < 1.29 is 9.59 Å². The summed E-state index contributed by atoms with van der Waals surface area (Å²) < 4.78 is 0. The van der Waals surface area contributed by atoms with Crippen LogP contribution in [0.5, 0.6) is 0 Å². The minimum Gasteiger partial charge on any atom is -0.353 e. The number of aromatic nitrogens is 1. The smallest absolute Gasteiger partial charge is 0.261 e. The van der Waals surface area contributed by atoms with E-state index in [1.807, 2.05) is 65.4 Å². The van der Waals surface area contributed by atoms with Crippen LogP contribution < -0.4 is 10.6 Å². The molecule has 2 atom stereocenters. The minimum atomic E-state index is -0.561. The topological polar surface area (TPSA) is 71.1 Å². The lowest BCUT2D eigenvalue weighted by molar-refractivity contribution is -0.124. The Kier molecular flexibility index (Phi) is 7.02. The van der Waals surface area contributed by atoms with Crippen LogP contribution in [0.1, 0.15) is 64.2 Å². The van der Waals surface area contributed by atoms with Crippen molar-refractivity contribution >= 4 is 45.4 Å². The molecule has 1 fully saturated rings. The molecule has 0 radical (unpaired) electrons. The van der Waals surface area contributed by atoms with E-state index in [0.29, 0.717) is 4.88 Å². The molecule has 3 aromatic heterocycles. The number of amides is 2. The molecule has 1 aliphatic rings. The van der Waals surface area contributed by atoms with E-state index in [4.69, 9.17) is 0 Å². The first-order chi connectivity index (χ1) is 16.7. The van der Waals surface area contributed by atoms with Crippen molar-refractivity contribution in [3.05, 3.63) is 86.9 Å². The number of carbonyl (C=O) groups is 2. The molecule has 34 heavy (non-hydrogen) atoms. The lowest BCUT2D eigenvalue weighted by Crippen LogP contribution is -2.44. The molecule has 0 spiro atoms. The van der Waals surface area contributed by atoms with Crippen LogP contribution in [0.4, 0.5) is 0 Å². The number of benzene rings is 1. The Balaban J connectivity index is 1.54. The Morgan fingerprint density at radius 2 is 1.76 bits per heavy atom. The summed E-state index contributed by atoms with van der Waals surface area (Å²) >= 11 is 2.96. The quantitative estimate of drug-likeness (QED) is 0.331. The van der Waals surface area contributed by atoms with E-state index < -0.39 is 12.0 Å². The largest absolute Gasteiger partial charge is 0.353 e. The minimum absolute atomic E-state index is 0.0416. The van der Waals surface area contributed by atoms with Crippen molar-refractivity contribution in [2.45, 2.75) is 50.1 Å². The highest BCUT2D eigenvalue weighted by Crippen LogP contribution is 2.36. The molecule has 0 aliphatic heterocycles. The molecule has 4 aromatic rings. The van der Waals surface area contributed by atoms with E-state index in [-0.39, 0.29) is 17.9 Å². The van der Waals surface area contributed by atoms with E-state index in [1.165, 1.54) is 17.8 Å². The van der Waals surface area contributed by atoms with Gasteiger partial charge in [0.1, 0.15) is 0 Å². The van der Waals surface area contributed by atoms with Crippen LogP contribution in [0, 0.1) is 0 Å². The van der Waals surface area contributed by atoms with Crippen molar-refractivity contribution in [3.63, 3.8) is 0 Å². The maximum Gasteiger partial charge on any atom is 0.261 e. The lowest BCUT2D eigenvalue weighted by atomic mass is 9.87. The van der Waals surface area contributed by atoms with Crippen LogP contribution in [0.3, 0.4) is 0 Å². The zero-order valence-corrected chi connectivity index (χ0v) is 20.4.